The summed E-state index contributed by atoms with van der Waals surface area (Å²) in [5.41, 5.74) is 0.0966. The van der Waals surface area contributed by atoms with Crippen LogP contribution in [0.25, 0.3) is 0 Å². The van der Waals surface area contributed by atoms with Gasteiger partial charge in [0.1, 0.15) is 0 Å². The van der Waals surface area contributed by atoms with Crippen molar-refractivity contribution in [3.8, 4) is 0 Å². The maximum absolute atomic E-state index is 12.5. The van der Waals surface area contributed by atoms with Gasteiger partial charge in [0.2, 0.25) is 10.0 Å². The average Bonchev–Trinajstić information content (AvgIpc) is 3.39. The zero-order valence-corrected chi connectivity index (χ0v) is 15.5. The van der Waals surface area contributed by atoms with E-state index in [-0.39, 0.29) is 22.4 Å². The minimum absolute atomic E-state index is 0.0285. The van der Waals surface area contributed by atoms with Gasteiger partial charge >= 0.3 is 5.97 Å². The Hall–Kier alpha value is -1.93. The van der Waals surface area contributed by atoms with E-state index < -0.39 is 22.1 Å². The van der Waals surface area contributed by atoms with Crippen molar-refractivity contribution in [2.45, 2.75) is 50.7 Å². The number of esters is 1. The SMILES string of the molecule is CCN(CC)S(=O)(=O)c1cccc(C(=O)O[C@@H](C)C(=O)NC2CC2)c1. The summed E-state index contributed by atoms with van der Waals surface area (Å²) in [4.78, 5) is 24.1. The van der Waals surface area contributed by atoms with E-state index in [1.807, 2.05) is 0 Å². The highest BCUT2D eigenvalue weighted by atomic mass is 32.2. The fourth-order valence-electron chi connectivity index (χ4n) is 2.32. The van der Waals surface area contributed by atoms with E-state index in [2.05, 4.69) is 5.32 Å². The Labute approximate surface area is 148 Å². The number of ether oxygens (including phenoxy) is 1. The van der Waals surface area contributed by atoms with E-state index in [1.165, 1.54) is 35.5 Å². The first-order valence-electron chi connectivity index (χ1n) is 8.41. The smallest absolute Gasteiger partial charge is 0.338 e. The molecule has 0 spiro atoms. The van der Waals surface area contributed by atoms with Crippen LogP contribution in [0.15, 0.2) is 29.2 Å². The topological polar surface area (TPSA) is 92.8 Å². The quantitative estimate of drug-likeness (QED) is 0.703. The molecule has 0 bridgehead atoms. The summed E-state index contributed by atoms with van der Waals surface area (Å²) in [6, 6.07) is 5.85. The molecule has 1 aliphatic rings. The Morgan fingerprint density at radius 2 is 1.92 bits per heavy atom. The van der Waals surface area contributed by atoms with Crippen LogP contribution in [0.4, 0.5) is 0 Å². The van der Waals surface area contributed by atoms with Crippen LogP contribution in [0.3, 0.4) is 0 Å². The van der Waals surface area contributed by atoms with Crippen LogP contribution in [0.2, 0.25) is 0 Å². The van der Waals surface area contributed by atoms with E-state index in [0.717, 1.165) is 12.8 Å². The third-order valence-electron chi connectivity index (χ3n) is 3.99. The van der Waals surface area contributed by atoms with Crippen LogP contribution < -0.4 is 5.32 Å². The Kier molecular flexibility index (Phi) is 6.18. The second kappa shape index (κ2) is 7.97. The summed E-state index contributed by atoms with van der Waals surface area (Å²) in [6.45, 7) is 5.67. The lowest BCUT2D eigenvalue weighted by atomic mass is 10.2. The van der Waals surface area contributed by atoms with Gasteiger partial charge in [-0.3, -0.25) is 4.79 Å². The van der Waals surface area contributed by atoms with Crippen LogP contribution >= 0.6 is 0 Å². The van der Waals surface area contributed by atoms with Gasteiger partial charge in [0.15, 0.2) is 6.10 Å². The minimum Gasteiger partial charge on any atom is -0.449 e. The zero-order chi connectivity index (χ0) is 18.6. The molecule has 1 N–H and O–H groups in total. The standard InChI is InChI=1S/C17H24N2O5S/c1-4-19(5-2)25(22,23)15-8-6-7-13(11-15)17(21)24-12(3)16(20)18-14-9-10-14/h6-8,11-12,14H,4-5,9-10H2,1-3H3,(H,18,20)/t12-/m0/s1. The molecule has 1 atom stereocenters. The molecule has 0 radical (unpaired) electrons. The number of carbonyl (C=O) groups is 2. The average molecular weight is 368 g/mol. The number of nitrogens with zero attached hydrogens (tertiary/aromatic N) is 1. The maximum atomic E-state index is 12.5. The predicted octanol–water partition coefficient (Wildman–Crippen LogP) is 1.54. The fraction of sp³-hybridized carbons (Fsp3) is 0.529. The van der Waals surface area contributed by atoms with Crippen molar-refractivity contribution in [1.82, 2.24) is 9.62 Å². The number of hydrogen-bond donors (Lipinski definition) is 1. The van der Waals surface area contributed by atoms with Gasteiger partial charge in [0.05, 0.1) is 10.5 Å². The third-order valence-corrected chi connectivity index (χ3v) is 6.04. The second-order valence-electron chi connectivity index (χ2n) is 5.95. The van der Waals surface area contributed by atoms with Crippen molar-refractivity contribution in [3.05, 3.63) is 29.8 Å². The molecular weight excluding hydrogens is 344 g/mol. The molecule has 1 saturated carbocycles. The number of rotatable bonds is 8. The van der Waals surface area contributed by atoms with E-state index in [4.69, 9.17) is 4.74 Å². The minimum atomic E-state index is -3.66. The summed E-state index contributed by atoms with van der Waals surface area (Å²) in [5, 5.41) is 2.76. The predicted molar refractivity (Wildman–Crippen MR) is 92.6 cm³/mol. The zero-order valence-electron chi connectivity index (χ0n) is 14.7. The van der Waals surface area contributed by atoms with Crippen LogP contribution in [0, 0.1) is 0 Å². The van der Waals surface area contributed by atoms with Gasteiger partial charge in [0.25, 0.3) is 5.91 Å². The second-order valence-corrected chi connectivity index (χ2v) is 7.89. The molecule has 0 unspecified atom stereocenters. The molecule has 0 aromatic heterocycles. The van der Waals surface area contributed by atoms with Crippen LogP contribution in [0.1, 0.15) is 44.0 Å². The molecule has 25 heavy (non-hydrogen) atoms. The monoisotopic (exact) mass is 368 g/mol. The van der Waals surface area contributed by atoms with Crippen LogP contribution in [0.5, 0.6) is 0 Å². The maximum Gasteiger partial charge on any atom is 0.338 e. The summed E-state index contributed by atoms with van der Waals surface area (Å²) >= 11 is 0. The molecule has 0 heterocycles. The molecule has 0 aliphatic heterocycles. The molecule has 1 amide bonds. The summed E-state index contributed by atoms with van der Waals surface area (Å²) in [5.74, 6) is -1.07. The Morgan fingerprint density at radius 1 is 1.28 bits per heavy atom. The van der Waals surface area contributed by atoms with Crippen molar-refractivity contribution in [2.24, 2.45) is 0 Å². The van der Waals surface area contributed by atoms with Crippen LogP contribution in [-0.4, -0.2) is 49.8 Å². The first-order valence-corrected chi connectivity index (χ1v) is 9.85. The highest BCUT2D eigenvalue weighted by Crippen LogP contribution is 2.20. The number of nitrogens with one attached hydrogen (secondary N) is 1. The normalized spacial score (nSPS) is 15.7. The molecule has 1 fully saturated rings. The first-order chi connectivity index (χ1) is 11.8. The molecule has 1 aromatic carbocycles. The molecule has 7 nitrogen and oxygen atoms in total. The van der Waals surface area contributed by atoms with Crippen molar-refractivity contribution in [1.29, 1.82) is 0 Å². The first kappa shape index (κ1) is 19.4. The van der Waals surface area contributed by atoms with Gasteiger partial charge in [0, 0.05) is 19.1 Å². The van der Waals surface area contributed by atoms with Gasteiger partial charge in [-0.1, -0.05) is 19.9 Å². The van der Waals surface area contributed by atoms with Crippen molar-refractivity contribution >= 4 is 21.9 Å². The van der Waals surface area contributed by atoms with E-state index in [0.29, 0.717) is 13.1 Å². The number of sulfonamides is 1. The summed E-state index contributed by atoms with van der Waals surface area (Å²) < 4.78 is 31.5. The number of carbonyl (C=O) groups excluding carboxylic acids is 2. The molecule has 2 rings (SSSR count). The molecule has 8 heteroatoms. The van der Waals surface area contributed by atoms with E-state index >= 15 is 0 Å². The largest absolute Gasteiger partial charge is 0.449 e. The van der Waals surface area contributed by atoms with E-state index in [9.17, 15) is 18.0 Å². The van der Waals surface area contributed by atoms with Crippen LogP contribution in [-0.2, 0) is 19.6 Å². The van der Waals surface area contributed by atoms with Crippen molar-refractivity contribution in [3.63, 3.8) is 0 Å². The number of hydrogen-bond acceptors (Lipinski definition) is 5. The lowest BCUT2D eigenvalue weighted by Crippen LogP contribution is -2.37. The van der Waals surface area contributed by atoms with Crippen molar-refractivity contribution < 1.29 is 22.7 Å². The van der Waals surface area contributed by atoms with Gasteiger partial charge < -0.3 is 10.1 Å². The summed E-state index contributed by atoms with van der Waals surface area (Å²) in [6.07, 6.45) is 0.950. The summed E-state index contributed by atoms with van der Waals surface area (Å²) in [7, 11) is -3.66. The van der Waals surface area contributed by atoms with Gasteiger partial charge in [-0.25, -0.2) is 13.2 Å². The lowest BCUT2D eigenvalue weighted by Gasteiger charge is -2.19. The fourth-order valence-corrected chi connectivity index (χ4v) is 3.83. The lowest BCUT2D eigenvalue weighted by molar-refractivity contribution is -0.129. The van der Waals surface area contributed by atoms with Crippen molar-refractivity contribution in [2.75, 3.05) is 13.1 Å². The Balaban J connectivity index is 2.11. The Morgan fingerprint density at radius 3 is 2.48 bits per heavy atom. The highest BCUT2D eigenvalue weighted by molar-refractivity contribution is 7.89. The third kappa shape index (κ3) is 4.79. The van der Waals surface area contributed by atoms with Gasteiger partial charge in [-0.05, 0) is 38.0 Å². The molecule has 1 aliphatic carbocycles. The molecule has 0 saturated heterocycles. The van der Waals surface area contributed by atoms with Gasteiger partial charge in [-0.15, -0.1) is 0 Å². The Bertz CT molecular complexity index is 739. The highest BCUT2D eigenvalue weighted by Gasteiger charge is 2.28. The van der Waals surface area contributed by atoms with Gasteiger partial charge in [-0.2, -0.15) is 4.31 Å². The number of benzene rings is 1. The number of amides is 1. The molecule has 138 valence electrons. The molecular formula is C17H24N2O5S. The molecule has 1 aromatic rings. The van der Waals surface area contributed by atoms with E-state index in [1.54, 1.807) is 13.8 Å².